The Bertz CT molecular complexity index is 2510. The van der Waals surface area contributed by atoms with E-state index in [1.165, 1.54) is 20.7 Å². The summed E-state index contributed by atoms with van der Waals surface area (Å²) in [6.45, 7) is 7.66. The van der Waals surface area contributed by atoms with Crippen LogP contribution >= 0.6 is 0 Å². The molecule has 0 bridgehead atoms. The van der Waals surface area contributed by atoms with Crippen LogP contribution in [0, 0.1) is 29.2 Å². The minimum Gasteiger partial charge on any atom is -0.309 e. The van der Waals surface area contributed by atoms with Gasteiger partial charge >= 0.3 is 0 Å². The van der Waals surface area contributed by atoms with Crippen LogP contribution in [-0.2, 0) is 0 Å². The maximum atomic E-state index is 10.6. The number of aromatic nitrogens is 1. The van der Waals surface area contributed by atoms with Gasteiger partial charge in [-0.1, -0.05) is 127 Å². The molecule has 0 saturated carbocycles. The van der Waals surface area contributed by atoms with Gasteiger partial charge in [-0.25, -0.2) is 4.85 Å². The molecule has 0 amide bonds. The van der Waals surface area contributed by atoms with Gasteiger partial charge in [-0.05, 0) is 68.6 Å². The molecule has 50 heavy (non-hydrogen) atoms. The van der Waals surface area contributed by atoms with Crippen LogP contribution in [0.5, 0.6) is 0 Å². The Kier molecular flexibility index (Phi) is 7.63. The highest BCUT2D eigenvalue weighted by atomic mass is 28.3. The van der Waals surface area contributed by atoms with Gasteiger partial charge in [-0.15, -0.1) is 0 Å². The zero-order valence-electron chi connectivity index (χ0n) is 27.0. The molecule has 1 heterocycles. The Hall–Kier alpha value is -6.97. The quantitative estimate of drug-likeness (QED) is 0.104. The van der Waals surface area contributed by atoms with Crippen LogP contribution in [-0.4, -0.2) is 12.6 Å². The molecular formula is C45H28N4Si. The highest BCUT2D eigenvalue weighted by Crippen LogP contribution is 2.38. The Balaban J connectivity index is 1.45. The maximum absolute atomic E-state index is 10.6. The molecule has 8 rings (SSSR count). The first kappa shape index (κ1) is 30.4. The number of nitriles is 2. The van der Waals surface area contributed by atoms with Crippen LogP contribution in [0.15, 0.2) is 170 Å². The molecule has 0 aliphatic rings. The van der Waals surface area contributed by atoms with Gasteiger partial charge in [0.05, 0.1) is 46.6 Å². The maximum Gasteiger partial charge on any atom is 0.188 e. The second kappa shape index (κ2) is 12.6. The summed E-state index contributed by atoms with van der Waals surface area (Å²) in [6, 6.07) is 63.1. The van der Waals surface area contributed by atoms with Gasteiger partial charge in [-0.3, -0.25) is 0 Å². The monoisotopic (exact) mass is 652 g/mol. The summed E-state index contributed by atoms with van der Waals surface area (Å²) < 4.78 is 2.19. The molecule has 0 saturated heterocycles. The number of rotatable bonds is 6. The van der Waals surface area contributed by atoms with E-state index in [1.807, 2.05) is 54.6 Å². The van der Waals surface area contributed by atoms with Crippen LogP contribution in [0.1, 0.15) is 11.1 Å². The smallest absolute Gasteiger partial charge is 0.188 e. The molecule has 0 spiro atoms. The van der Waals surface area contributed by atoms with Crippen molar-refractivity contribution in [3.8, 4) is 29.0 Å². The van der Waals surface area contributed by atoms with Crippen LogP contribution in [0.3, 0.4) is 0 Å². The molecule has 232 valence electrons. The molecule has 0 aliphatic carbocycles. The van der Waals surface area contributed by atoms with E-state index in [0.29, 0.717) is 16.8 Å². The molecule has 8 aromatic rings. The van der Waals surface area contributed by atoms with E-state index in [1.54, 1.807) is 0 Å². The first-order valence-corrected chi connectivity index (χ1v) is 18.3. The van der Waals surface area contributed by atoms with E-state index in [0.717, 1.165) is 38.6 Å². The van der Waals surface area contributed by atoms with Crippen molar-refractivity contribution in [2.75, 3.05) is 0 Å². The fourth-order valence-electron chi connectivity index (χ4n) is 7.47. The zero-order valence-corrected chi connectivity index (χ0v) is 28.0. The molecular weight excluding hydrogens is 625 g/mol. The average Bonchev–Trinajstić information content (AvgIpc) is 3.52. The van der Waals surface area contributed by atoms with Crippen molar-refractivity contribution in [3.63, 3.8) is 0 Å². The van der Waals surface area contributed by atoms with E-state index in [4.69, 9.17) is 6.57 Å². The van der Waals surface area contributed by atoms with Gasteiger partial charge in [0.2, 0.25) is 0 Å². The van der Waals surface area contributed by atoms with Crippen molar-refractivity contribution in [1.82, 2.24) is 4.57 Å². The van der Waals surface area contributed by atoms with E-state index in [9.17, 15) is 10.5 Å². The van der Waals surface area contributed by atoms with E-state index < -0.39 is 8.07 Å². The SMILES string of the molecule is [C-]#[N+]c1ccc2c(c1)c1cc(C#N)ccc1n2-c1ccccc1-c1cc([Si](c2ccccc2)(c2ccccc2)c2ccccc2)ccc1C#N. The Morgan fingerprint density at radius 3 is 1.64 bits per heavy atom. The van der Waals surface area contributed by atoms with Crippen molar-refractivity contribution >= 4 is 56.3 Å². The summed E-state index contributed by atoms with van der Waals surface area (Å²) in [5.74, 6) is 0. The molecule has 0 unspecified atom stereocenters. The van der Waals surface area contributed by atoms with Crippen LogP contribution in [0.4, 0.5) is 5.69 Å². The molecule has 0 atom stereocenters. The predicted molar refractivity (Wildman–Crippen MR) is 206 cm³/mol. The fraction of sp³-hybridized carbons (Fsp3) is 0. The number of nitrogens with zero attached hydrogens (tertiary/aromatic N) is 4. The minimum absolute atomic E-state index is 0.538. The summed E-state index contributed by atoms with van der Waals surface area (Å²) in [5, 5.41) is 27.1. The van der Waals surface area contributed by atoms with Crippen LogP contribution in [0.2, 0.25) is 0 Å². The van der Waals surface area contributed by atoms with E-state index >= 15 is 0 Å². The summed E-state index contributed by atoms with van der Waals surface area (Å²) in [5.41, 5.74) is 6.20. The summed E-state index contributed by atoms with van der Waals surface area (Å²) >= 11 is 0. The highest BCUT2D eigenvalue weighted by molar-refractivity contribution is 7.19. The predicted octanol–water partition coefficient (Wildman–Crippen LogP) is 8.12. The number of para-hydroxylation sites is 1. The molecule has 1 aromatic heterocycles. The summed E-state index contributed by atoms with van der Waals surface area (Å²) in [7, 11) is -2.87. The second-order valence-corrected chi connectivity index (χ2v) is 16.0. The van der Waals surface area contributed by atoms with Crippen LogP contribution in [0.25, 0.3) is 43.5 Å². The Morgan fingerprint density at radius 1 is 0.500 bits per heavy atom. The Morgan fingerprint density at radius 2 is 1.06 bits per heavy atom. The first-order chi connectivity index (χ1) is 24.7. The number of hydrogen-bond donors (Lipinski definition) is 0. The van der Waals surface area contributed by atoms with Crippen molar-refractivity contribution in [2.24, 2.45) is 0 Å². The largest absolute Gasteiger partial charge is 0.309 e. The fourth-order valence-corrected chi connectivity index (χ4v) is 12.2. The van der Waals surface area contributed by atoms with Gasteiger partial charge in [-0.2, -0.15) is 10.5 Å². The number of hydrogen-bond acceptors (Lipinski definition) is 2. The lowest BCUT2D eigenvalue weighted by Crippen LogP contribution is -2.74. The molecule has 0 aliphatic heterocycles. The number of benzene rings is 7. The molecule has 4 nitrogen and oxygen atoms in total. The number of fused-ring (bicyclic) bond motifs is 3. The summed E-state index contributed by atoms with van der Waals surface area (Å²) in [4.78, 5) is 3.69. The average molecular weight is 653 g/mol. The van der Waals surface area contributed by atoms with Gasteiger partial charge in [0, 0.05) is 16.5 Å². The van der Waals surface area contributed by atoms with E-state index in [-0.39, 0.29) is 0 Å². The normalized spacial score (nSPS) is 11.1. The molecule has 7 aromatic carbocycles. The van der Waals surface area contributed by atoms with Crippen molar-refractivity contribution in [2.45, 2.75) is 0 Å². The topological polar surface area (TPSA) is 56.9 Å². The minimum atomic E-state index is -2.87. The third-order valence-electron chi connectivity index (χ3n) is 9.64. The van der Waals surface area contributed by atoms with Gasteiger partial charge in [0.15, 0.2) is 13.8 Å². The van der Waals surface area contributed by atoms with Crippen molar-refractivity contribution in [1.29, 1.82) is 10.5 Å². The molecule has 5 heteroatoms. The lowest BCUT2D eigenvalue weighted by molar-refractivity contribution is 1.18. The van der Waals surface area contributed by atoms with Gasteiger partial charge < -0.3 is 4.57 Å². The standard InChI is InChI=1S/C45H28N4Si/c1-48-34-23-26-45-42(28-34)41-27-32(30-46)21-25-44(41)49(45)43-20-12-11-19-39(43)40-29-38(24-22-33(40)31-47)50(35-13-5-2-6-14-35,36-15-7-3-8-16-36)37-17-9-4-10-18-37/h2-29H. The molecule has 0 N–H and O–H groups in total. The zero-order chi connectivity index (χ0) is 34.1. The summed E-state index contributed by atoms with van der Waals surface area (Å²) in [6.07, 6.45) is 0. The lowest BCUT2D eigenvalue weighted by atomic mass is 9.98. The van der Waals surface area contributed by atoms with Crippen molar-refractivity contribution in [3.05, 3.63) is 192 Å². The van der Waals surface area contributed by atoms with Gasteiger partial charge in [0.1, 0.15) is 0 Å². The van der Waals surface area contributed by atoms with Crippen LogP contribution < -0.4 is 20.7 Å². The third-order valence-corrected chi connectivity index (χ3v) is 14.4. The highest BCUT2D eigenvalue weighted by Gasteiger charge is 2.41. The lowest BCUT2D eigenvalue weighted by Gasteiger charge is -2.35. The first-order valence-electron chi connectivity index (χ1n) is 16.3. The van der Waals surface area contributed by atoms with Crippen molar-refractivity contribution < 1.29 is 0 Å². The van der Waals surface area contributed by atoms with Gasteiger partial charge in [0.25, 0.3) is 0 Å². The molecule has 0 radical (unpaired) electrons. The third kappa shape index (κ3) is 4.80. The van der Waals surface area contributed by atoms with E-state index in [2.05, 4.69) is 137 Å². The Labute approximate surface area is 291 Å². The molecule has 0 fully saturated rings. The second-order valence-electron chi connectivity index (χ2n) is 12.2.